The molecule has 2 aromatic heterocycles. The number of rotatable bonds is 7. The van der Waals surface area contributed by atoms with Crippen LogP contribution in [-0.4, -0.2) is 39.4 Å². The summed E-state index contributed by atoms with van der Waals surface area (Å²) in [5.74, 6) is 0.224. The molecule has 0 saturated carbocycles. The zero-order valence-corrected chi connectivity index (χ0v) is 15.7. The third-order valence-electron chi connectivity index (χ3n) is 4.66. The molecule has 3 rings (SSSR count). The summed E-state index contributed by atoms with van der Waals surface area (Å²) in [6, 6.07) is 8.55. The molecule has 0 aliphatic heterocycles. The van der Waals surface area contributed by atoms with Crippen LogP contribution in [0.3, 0.4) is 0 Å². The lowest BCUT2D eigenvalue weighted by Gasteiger charge is -2.18. The Morgan fingerprint density at radius 3 is 2.63 bits per heavy atom. The van der Waals surface area contributed by atoms with E-state index in [9.17, 15) is 10.1 Å². The Labute approximate surface area is 157 Å². The number of hydrogen-bond acceptors (Lipinski definition) is 6. The number of nitrogens with zero attached hydrogens (tertiary/aromatic N) is 4. The van der Waals surface area contributed by atoms with Crippen molar-refractivity contribution >= 4 is 17.0 Å². The molecule has 0 aliphatic carbocycles. The van der Waals surface area contributed by atoms with Gasteiger partial charge in [0.25, 0.3) is 0 Å². The Morgan fingerprint density at radius 1 is 1.26 bits per heavy atom. The molecule has 3 aromatic rings. The van der Waals surface area contributed by atoms with E-state index in [1.54, 1.807) is 18.2 Å². The number of benzene rings is 1. The maximum atomic E-state index is 11.4. The van der Waals surface area contributed by atoms with Crippen LogP contribution in [0.1, 0.15) is 19.5 Å². The number of nitro benzene ring substituents is 1. The SMILES string of the molecule is CCN(CC)Cc1c(-c2ccc(OC)c([N+](=O)[O-])c2)nc2ccc(N)cn12. The largest absolute Gasteiger partial charge is 0.490 e. The Morgan fingerprint density at radius 2 is 2.00 bits per heavy atom. The predicted octanol–water partition coefficient (Wildman–Crippen LogP) is 3.34. The summed E-state index contributed by atoms with van der Waals surface area (Å²) >= 11 is 0. The molecule has 0 atom stereocenters. The molecular formula is C19H23N5O3. The number of pyridine rings is 1. The molecule has 8 heteroatoms. The van der Waals surface area contributed by atoms with Gasteiger partial charge in [0.1, 0.15) is 5.65 Å². The van der Waals surface area contributed by atoms with Gasteiger partial charge in [-0.15, -0.1) is 0 Å². The maximum absolute atomic E-state index is 11.4. The van der Waals surface area contributed by atoms with Crippen LogP contribution in [0.2, 0.25) is 0 Å². The lowest BCUT2D eigenvalue weighted by Crippen LogP contribution is -2.23. The molecule has 2 N–H and O–H groups in total. The van der Waals surface area contributed by atoms with Gasteiger partial charge < -0.3 is 14.9 Å². The number of nitro groups is 1. The van der Waals surface area contributed by atoms with Gasteiger partial charge in [0.05, 0.1) is 23.4 Å². The molecule has 27 heavy (non-hydrogen) atoms. The van der Waals surface area contributed by atoms with Crippen LogP contribution >= 0.6 is 0 Å². The van der Waals surface area contributed by atoms with Gasteiger partial charge in [-0.3, -0.25) is 15.0 Å². The summed E-state index contributed by atoms with van der Waals surface area (Å²) in [6.07, 6.45) is 1.84. The Bertz CT molecular complexity index is 979. The summed E-state index contributed by atoms with van der Waals surface area (Å²) in [7, 11) is 1.42. The van der Waals surface area contributed by atoms with Crippen molar-refractivity contribution in [2.45, 2.75) is 20.4 Å². The fourth-order valence-corrected chi connectivity index (χ4v) is 3.13. The van der Waals surface area contributed by atoms with Crippen molar-refractivity contribution in [2.75, 3.05) is 25.9 Å². The number of ether oxygens (including phenoxy) is 1. The minimum atomic E-state index is -0.444. The maximum Gasteiger partial charge on any atom is 0.311 e. The van der Waals surface area contributed by atoms with Crippen LogP contribution in [0.4, 0.5) is 11.4 Å². The molecule has 0 radical (unpaired) electrons. The summed E-state index contributed by atoms with van der Waals surface area (Å²) in [5.41, 5.74) is 9.59. The van der Waals surface area contributed by atoms with Gasteiger partial charge in [0.15, 0.2) is 5.75 Å². The van der Waals surface area contributed by atoms with E-state index >= 15 is 0 Å². The van der Waals surface area contributed by atoms with Gasteiger partial charge in [0.2, 0.25) is 0 Å². The second-order valence-corrected chi connectivity index (χ2v) is 6.20. The van der Waals surface area contributed by atoms with E-state index in [4.69, 9.17) is 15.5 Å². The average Bonchev–Trinajstić information content (AvgIpc) is 3.02. The molecule has 142 valence electrons. The Hall–Kier alpha value is -3.13. The number of nitrogens with two attached hydrogens (primary N) is 1. The third kappa shape index (κ3) is 3.56. The minimum Gasteiger partial charge on any atom is -0.490 e. The highest BCUT2D eigenvalue weighted by atomic mass is 16.6. The fourth-order valence-electron chi connectivity index (χ4n) is 3.13. The molecule has 2 heterocycles. The van der Waals surface area contributed by atoms with Gasteiger partial charge in [-0.05, 0) is 37.4 Å². The Balaban J connectivity index is 2.21. The summed E-state index contributed by atoms with van der Waals surface area (Å²) in [4.78, 5) is 17.9. The monoisotopic (exact) mass is 369 g/mol. The quantitative estimate of drug-likeness (QED) is 0.506. The highest BCUT2D eigenvalue weighted by Gasteiger charge is 2.21. The molecular weight excluding hydrogens is 346 g/mol. The molecule has 1 aromatic carbocycles. The van der Waals surface area contributed by atoms with Gasteiger partial charge in [-0.2, -0.15) is 0 Å². The standard InChI is InChI=1S/C19H23N5O3/c1-4-22(5-2)12-16-19(21-18-9-7-14(20)11-23(16)18)13-6-8-17(27-3)15(10-13)24(25)26/h6-11H,4-5,12,20H2,1-3H3. The lowest BCUT2D eigenvalue weighted by atomic mass is 10.1. The topological polar surface area (TPSA) is 98.9 Å². The van der Waals surface area contributed by atoms with Crippen molar-refractivity contribution in [2.24, 2.45) is 0 Å². The highest BCUT2D eigenvalue weighted by Crippen LogP contribution is 2.34. The summed E-state index contributed by atoms with van der Waals surface area (Å²) in [6.45, 7) is 6.62. The fraction of sp³-hybridized carbons (Fsp3) is 0.316. The zero-order valence-electron chi connectivity index (χ0n) is 15.7. The number of fused-ring (bicyclic) bond motifs is 1. The van der Waals surface area contributed by atoms with Crippen molar-refractivity contribution in [3.8, 4) is 17.0 Å². The van der Waals surface area contributed by atoms with E-state index < -0.39 is 4.92 Å². The van der Waals surface area contributed by atoms with Crippen LogP contribution < -0.4 is 10.5 Å². The van der Waals surface area contributed by atoms with Crippen LogP contribution in [0.15, 0.2) is 36.5 Å². The van der Waals surface area contributed by atoms with Crippen molar-refractivity contribution in [1.29, 1.82) is 0 Å². The first-order valence-corrected chi connectivity index (χ1v) is 8.80. The van der Waals surface area contributed by atoms with Crippen molar-refractivity contribution in [3.63, 3.8) is 0 Å². The molecule has 0 bridgehead atoms. The smallest absolute Gasteiger partial charge is 0.311 e. The normalized spacial score (nSPS) is 11.3. The zero-order chi connectivity index (χ0) is 19.6. The van der Waals surface area contributed by atoms with E-state index in [0.717, 1.165) is 24.4 Å². The second kappa shape index (κ2) is 7.63. The van der Waals surface area contributed by atoms with Crippen molar-refractivity contribution in [3.05, 3.63) is 52.3 Å². The van der Waals surface area contributed by atoms with Gasteiger partial charge in [-0.25, -0.2) is 4.98 Å². The number of hydrogen-bond donors (Lipinski definition) is 1. The first kappa shape index (κ1) is 18.7. The summed E-state index contributed by atoms with van der Waals surface area (Å²) < 4.78 is 7.07. The number of nitrogen functional groups attached to an aromatic ring is 1. The molecule has 8 nitrogen and oxygen atoms in total. The molecule has 0 spiro atoms. The minimum absolute atomic E-state index is 0.0830. The van der Waals surface area contributed by atoms with Gasteiger partial charge in [-0.1, -0.05) is 13.8 Å². The number of anilines is 1. The summed E-state index contributed by atoms with van der Waals surface area (Å²) in [5, 5.41) is 11.4. The molecule has 0 saturated heterocycles. The molecule has 0 amide bonds. The van der Waals surface area contributed by atoms with Crippen LogP contribution in [0.5, 0.6) is 5.75 Å². The van der Waals surface area contributed by atoms with Crippen molar-refractivity contribution < 1.29 is 9.66 Å². The average molecular weight is 369 g/mol. The number of methoxy groups -OCH3 is 1. The predicted molar refractivity (Wildman–Crippen MR) is 105 cm³/mol. The first-order valence-electron chi connectivity index (χ1n) is 8.80. The van der Waals surface area contributed by atoms with E-state index in [1.165, 1.54) is 13.2 Å². The van der Waals surface area contributed by atoms with Crippen LogP contribution in [0, 0.1) is 10.1 Å². The highest BCUT2D eigenvalue weighted by molar-refractivity contribution is 5.71. The number of aromatic nitrogens is 2. The van der Waals surface area contributed by atoms with Crippen LogP contribution in [0.25, 0.3) is 16.9 Å². The van der Waals surface area contributed by atoms with E-state index in [0.29, 0.717) is 23.5 Å². The second-order valence-electron chi connectivity index (χ2n) is 6.20. The van der Waals surface area contributed by atoms with E-state index in [1.807, 2.05) is 16.7 Å². The third-order valence-corrected chi connectivity index (χ3v) is 4.66. The van der Waals surface area contributed by atoms with Gasteiger partial charge in [0, 0.05) is 30.1 Å². The van der Waals surface area contributed by atoms with Crippen molar-refractivity contribution in [1.82, 2.24) is 14.3 Å². The number of imidazole rings is 1. The molecule has 0 fully saturated rings. The molecule has 0 aliphatic rings. The lowest BCUT2D eigenvalue weighted by molar-refractivity contribution is -0.385. The first-order chi connectivity index (χ1) is 13.0. The Kier molecular flexibility index (Phi) is 5.27. The molecule has 0 unspecified atom stereocenters. The van der Waals surface area contributed by atoms with E-state index in [2.05, 4.69) is 18.7 Å². The van der Waals surface area contributed by atoms with E-state index in [-0.39, 0.29) is 11.4 Å². The van der Waals surface area contributed by atoms with Crippen LogP contribution in [-0.2, 0) is 6.54 Å². The van der Waals surface area contributed by atoms with Gasteiger partial charge >= 0.3 is 5.69 Å².